The molecule has 1 saturated carbocycles. The van der Waals surface area contributed by atoms with Gasteiger partial charge in [0, 0.05) is 19.6 Å². The summed E-state index contributed by atoms with van der Waals surface area (Å²) in [6, 6.07) is 6.01. The third-order valence-electron chi connectivity index (χ3n) is 5.36. The molecule has 2 fully saturated rings. The molecule has 5 heteroatoms. The van der Waals surface area contributed by atoms with Crippen molar-refractivity contribution >= 4 is 5.91 Å². The number of aliphatic hydroxyl groups is 1. The number of aliphatic hydroxyl groups excluding tert-OH is 1. The molecule has 1 aliphatic heterocycles. The molecule has 1 heterocycles. The standard InChI is InChI=1S/C18H25FN2O2/c1-12(18(23)20-9-13-2-5-16(19)6-3-13)21-10-14-4-7-17(22)8-15(14)11-21/h2-3,5-6,12,14-15,17,22H,4,7-11H2,1H3,(H,20,23). The molecular formula is C18H25FN2O2. The van der Waals surface area contributed by atoms with Crippen LogP contribution < -0.4 is 5.32 Å². The van der Waals surface area contributed by atoms with E-state index in [4.69, 9.17) is 0 Å². The summed E-state index contributed by atoms with van der Waals surface area (Å²) in [5, 5.41) is 12.7. The number of rotatable bonds is 4. The minimum absolute atomic E-state index is 0.00789. The van der Waals surface area contributed by atoms with E-state index < -0.39 is 0 Å². The fourth-order valence-corrected chi connectivity index (χ4v) is 3.86. The van der Waals surface area contributed by atoms with Crippen molar-refractivity contribution in [3.05, 3.63) is 35.6 Å². The van der Waals surface area contributed by atoms with E-state index in [-0.39, 0.29) is 23.9 Å². The van der Waals surface area contributed by atoms with Crippen LogP contribution in [0.5, 0.6) is 0 Å². The van der Waals surface area contributed by atoms with Gasteiger partial charge < -0.3 is 10.4 Å². The van der Waals surface area contributed by atoms with Gasteiger partial charge in [0.1, 0.15) is 5.82 Å². The first-order chi connectivity index (χ1) is 11.0. The number of fused-ring (bicyclic) bond motifs is 1. The Hall–Kier alpha value is -1.46. The molecule has 1 aliphatic carbocycles. The van der Waals surface area contributed by atoms with Gasteiger partial charge in [-0.2, -0.15) is 0 Å². The lowest BCUT2D eigenvalue weighted by atomic mass is 9.80. The molecule has 0 spiro atoms. The minimum atomic E-state index is -0.268. The molecule has 1 aromatic rings. The van der Waals surface area contributed by atoms with Crippen molar-refractivity contribution in [2.24, 2.45) is 11.8 Å². The molecule has 1 amide bonds. The van der Waals surface area contributed by atoms with Crippen molar-refractivity contribution in [2.75, 3.05) is 13.1 Å². The highest BCUT2D eigenvalue weighted by Gasteiger charge is 2.39. The van der Waals surface area contributed by atoms with E-state index in [0.717, 1.165) is 37.9 Å². The summed E-state index contributed by atoms with van der Waals surface area (Å²) in [5.74, 6) is 0.876. The van der Waals surface area contributed by atoms with Gasteiger partial charge in [-0.3, -0.25) is 9.69 Å². The van der Waals surface area contributed by atoms with Gasteiger partial charge in [0.2, 0.25) is 5.91 Å². The molecule has 126 valence electrons. The highest BCUT2D eigenvalue weighted by molar-refractivity contribution is 5.81. The van der Waals surface area contributed by atoms with E-state index in [1.165, 1.54) is 12.1 Å². The summed E-state index contributed by atoms with van der Waals surface area (Å²) in [7, 11) is 0. The van der Waals surface area contributed by atoms with Crippen LogP contribution in [0.1, 0.15) is 31.7 Å². The van der Waals surface area contributed by atoms with Crippen LogP contribution in [-0.2, 0) is 11.3 Å². The van der Waals surface area contributed by atoms with Crippen LogP contribution >= 0.6 is 0 Å². The maximum Gasteiger partial charge on any atom is 0.237 e. The lowest BCUT2D eigenvalue weighted by Crippen LogP contribution is -2.44. The molecule has 0 radical (unpaired) electrons. The lowest BCUT2D eigenvalue weighted by Gasteiger charge is -2.27. The molecule has 1 saturated heterocycles. The van der Waals surface area contributed by atoms with Gasteiger partial charge in [-0.25, -0.2) is 4.39 Å². The van der Waals surface area contributed by atoms with E-state index >= 15 is 0 Å². The normalized spacial score (nSPS) is 29.1. The summed E-state index contributed by atoms with van der Waals surface area (Å²) in [6.07, 6.45) is 2.65. The Kier molecular flexibility index (Phi) is 4.97. The van der Waals surface area contributed by atoms with Crippen molar-refractivity contribution < 1.29 is 14.3 Å². The zero-order chi connectivity index (χ0) is 16.4. The number of nitrogens with one attached hydrogen (secondary N) is 1. The molecule has 23 heavy (non-hydrogen) atoms. The van der Waals surface area contributed by atoms with Gasteiger partial charge >= 0.3 is 0 Å². The van der Waals surface area contributed by atoms with Crippen LogP contribution in [0, 0.1) is 17.7 Å². The van der Waals surface area contributed by atoms with Crippen molar-refractivity contribution in [3.8, 4) is 0 Å². The molecule has 2 aliphatic rings. The number of amides is 1. The van der Waals surface area contributed by atoms with Crippen LogP contribution in [0.15, 0.2) is 24.3 Å². The summed E-state index contributed by atoms with van der Waals surface area (Å²) < 4.78 is 12.9. The third kappa shape index (κ3) is 3.90. The zero-order valence-electron chi connectivity index (χ0n) is 13.5. The fraction of sp³-hybridized carbons (Fsp3) is 0.611. The van der Waals surface area contributed by atoms with Crippen LogP contribution in [0.4, 0.5) is 4.39 Å². The van der Waals surface area contributed by atoms with Crippen molar-refractivity contribution in [1.29, 1.82) is 0 Å². The number of hydrogen-bond donors (Lipinski definition) is 2. The van der Waals surface area contributed by atoms with Crippen LogP contribution in [0.3, 0.4) is 0 Å². The lowest BCUT2D eigenvalue weighted by molar-refractivity contribution is -0.125. The zero-order valence-corrected chi connectivity index (χ0v) is 13.5. The molecule has 2 N–H and O–H groups in total. The Morgan fingerprint density at radius 2 is 2.00 bits per heavy atom. The van der Waals surface area contributed by atoms with E-state index in [2.05, 4.69) is 10.2 Å². The predicted octanol–water partition coefficient (Wildman–Crippen LogP) is 1.92. The van der Waals surface area contributed by atoms with Crippen LogP contribution in [0.2, 0.25) is 0 Å². The average Bonchev–Trinajstić information content (AvgIpc) is 2.96. The number of likely N-dealkylation sites (tertiary alicyclic amines) is 1. The van der Waals surface area contributed by atoms with Gasteiger partial charge in [-0.05, 0) is 55.7 Å². The quantitative estimate of drug-likeness (QED) is 0.891. The maximum atomic E-state index is 12.9. The summed E-state index contributed by atoms with van der Waals surface area (Å²) in [5.41, 5.74) is 0.894. The number of benzene rings is 1. The molecule has 1 aromatic carbocycles. The molecule has 0 aromatic heterocycles. The first kappa shape index (κ1) is 16.4. The third-order valence-corrected chi connectivity index (χ3v) is 5.36. The summed E-state index contributed by atoms with van der Waals surface area (Å²) >= 11 is 0. The van der Waals surface area contributed by atoms with Crippen molar-refractivity contribution in [1.82, 2.24) is 10.2 Å². The Bertz CT molecular complexity index is 548. The fourth-order valence-electron chi connectivity index (χ4n) is 3.86. The second kappa shape index (κ2) is 6.97. The first-order valence-electron chi connectivity index (χ1n) is 8.47. The topological polar surface area (TPSA) is 52.6 Å². The second-order valence-electron chi connectivity index (χ2n) is 6.96. The highest BCUT2D eigenvalue weighted by atomic mass is 19.1. The Balaban J connectivity index is 1.50. The molecule has 4 unspecified atom stereocenters. The number of hydrogen-bond acceptors (Lipinski definition) is 3. The minimum Gasteiger partial charge on any atom is -0.393 e. The second-order valence-corrected chi connectivity index (χ2v) is 6.96. The Labute approximate surface area is 136 Å². The van der Waals surface area contributed by atoms with Crippen LogP contribution in [-0.4, -0.2) is 41.1 Å². The Morgan fingerprint density at radius 1 is 1.30 bits per heavy atom. The van der Waals surface area contributed by atoms with Crippen LogP contribution in [0.25, 0.3) is 0 Å². The van der Waals surface area contributed by atoms with E-state index in [1.807, 2.05) is 6.92 Å². The maximum absolute atomic E-state index is 12.9. The first-order valence-corrected chi connectivity index (χ1v) is 8.47. The molecule has 3 rings (SSSR count). The number of halogens is 1. The van der Waals surface area contributed by atoms with Gasteiger partial charge in [0.05, 0.1) is 12.1 Å². The molecule has 4 nitrogen and oxygen atoms in total. The van der Waals surface area contributed by atoms with Gasteiger partial charge in [-0.15, -0.1) is 0 Å². The largest absolute Gasteiger partial charge is 0.393 e. The van der Waals surface area contributed by atoms with E-state index in [1.54, 1.807) is 12.1 Å². The summed E-state index contributed by atoms with van der Waals surface area (Å²) in [6.45, 7) is 4.20. The number of nitrogens with zero attached hydrogens (tertiary/aromatic N) is 1. The smallest absolute Gasteiger partial charge is 0.237 e. The Morgan fingerprint density at radius 3 is 2.74 bits per heavy atom. The summed E-state index contributed by atoms with van der Waals surface area (Å²) in [4.78, 5) is 14.6. The molecule has 0 bridgehead atoms. The molecule has 4 atom stereocenters. The van der Waals surface area contributed by atoms with Gasteiger partial charge in [-0.1, -0.05) is 12.1 Å². The highest BCUT2D eigenvalue weighted by Crippen LogP contribution is 2.36. The van der Waals surface area contributed by atoms with Gasteiger partial charge in [0.15, 0.2) is 0 Å². The van der Waals surface area contributed by atoms with Crippen molar-refractivity contribution in [2.45, 2.75) is 44.9 Å². The number of carbonyl (C=O) groups is 1. The monoisotopic (exact) mass is 320 g/mol. The predicted molar refractivity (Wildman–Crippen MR) is 86.1 cm³/mol. The number of carbonyl (C=O) groups excluding carboxylic acids is 1. The van der Waals surface area contributed by atoms with E-state index in [0.29, 0.717) is 18.4 Å². The van der Waals surface area contributed by atoms with Gasteiger partial charge in [0.25, 0.3) is 0 Å². The average molecular weight is 320 g/mol. The SMILES string of the molecule is CC(C(=O)NCc1ccc(F)cc1)N1CC2CCC(O)CC2C1. The van der Waals surface area contributed by atoms with E-state index in [9.17, 15) is 14.3 Å². The molecular weight excluding hydrogens is 295 g/mol. The van der Waals surface area contributed by atoms with Crippen molar-refractivity contribution in [3.63, 3.8) is 0 Å².